The molecule has 0 bridgehead atoms. The van der Waals surface area contributed by atoms with E-state index in [2.05, 4.69) is 12.8 Å². The second kappa shape index (κ2) is 8.11. The minimum Gasteiger partial charge on any atom is -0.475 e. The number of ether oxygens (including phenoxy) is 2. The smallest absolute Gasteiger partial charge is 0.152 e. The van der Waals surface area contributed by atoms with Gasteiger partial charge in [-0.05, 0) is 37.7 Å². The molecule has 0 N–H and O–H groups in total. The van der Waals surface area contributed by atoms with Gasteiger partial charge in [0.05, 0.1) is 6.54 Å². The highest BCUT2D eigenvalue weighted by Gasteiger charge is 2.13. The van der Waals surface area contributed by atoms with E-state index < -0.39 is 0 Å². The van der Waals surface area contributed by atoms with Gasteiger partial charge in [-0.1, -0.05) is 37.1 Å². The van der Waals surface area contributed by atoms with Crippen LogP contribution in [0.4, 0.5) is 0 Å². The van der Waals surface area contributed by atoms with Crippen molar-refractivity contribution in [2.75, 3.05) is 13.6 Å². The quantitative estimate of drug-likeness (QED) is 0.565. The summed E-state index contributed by atoms with van der Waals surface area (Å²) in [5.41, 5.74) is 0. The van der Waals surface area contributed by atoms with Crippen molar-refractivity contribution >= 4 is 0 Å². The molecule has 2 aromatic rings. The maximum Gasteiger partial charge on any atom is 0.152 e. The van der Waals surface area contributed by atoms with Crippen molar-refractivity contribution in [2.24, 2.45) is 0 Å². The average molecular weight is 295 g/mol. The van der Waals surface area contributed by atoms with Crippen LogP contribution in [0.3, 0.4) is 0 Å². The first-order valence-electron chi connectivity index (χ1n) is 7.36. The molecule has 2 aromatic carbocycles. The molecule has 0 fully saturated rings. The fourth-order valence-corrected chi connectivity index (χ4v) is 2.12. The molecule has 22 heavy (non-hydrogen) atoms. The Kier molecular flexibility index (Phi) is 5.88. The monoisotopic (exact) mass is 295 g/mol. The van der Waals surface area contributed by atoms with Crippen LogP contribution >= 0.6 is 0 Å². The molecule has 0 aliphatic carbocycles. The highest BCUT2D eigenvalue weighted by atomic mass is 16.5. The lowest BCUT2D eigenvalue weighted by atomic mass is 10.3. The summed E-state index contributed by atoms with van der Waals surface area (Å²) in [6.07, 6.45) is 6.15. The van der Waals surface area contributed by atoms with Crippen LogP contribution in [-0.4, -0.2) is 24.7 Å². The lowest BCUT2D eigenvalue weighted by Gasteiger charge is -2.26. The van der Waals surface area contributed by atoms with Gasteiger partial charge in [0.15, 0.2) is 6.23 Å². The minimum absolute atomic E-state index is 0.0528. The summed E-state index contributed by atoms with van der Waals surface area (Å²) in [5.74, 6) is 4.95. The summed E-state index contributed by atoms with van der Waals surface area (Å²) in [7, 11) is 1.96. The maximum absolute atomic E-state index is 6.01. The fraction of sp³-hybridized carbons (Fsp3) is 0.263. The van der Waals surface area contributed by atoms with E-state index >= 15 is 0 Å². The molecule has 0 radical (unpaired) electrons. The predicted molar refractivity (Wildman–Crippen MR) is 89.1 cm³/mol. The van der Waals surface area contributed by atoms with E-state index in [1.807, 2.05) is 66.5 Å². The zero-order valence-electron chi connectivity index (χ0n) is 13.0. The first-order chi connectivity index (χ1) is 10.7. The van der Waals surface area contributed by atoms with E-state index in [4.69, 9.17) is 15.9 Å². The van der Waals surface area contributed by atoms with E-state index in [0.717, 1.165) is 23.7 Å². The van der Waals surface area contributed by atoms with Crippen LogP contribution in [-0.2, 0) is 0 Å². The number of benzene rings is 2. The van der Waals surface area contributed by atoms with E-state index in [1.54, 1.807) is 0 Å². The van der Waals surface area contributed by atoms with Crippen molar-refractivity contribution in [3.8, 4) is 29.6 Å². The normalized spacial score (nSPS) is 11.7. The van der Waals surface area contributed by atoms with Gasteiger partial charge in [-0.2, -0.15) is 0 Å². The molecule has 114 valence electrons. The molecule has 3 heteroatoms. The molecule has 2 rings (SSSR count). The number of rotatable bonds is 7. The van der Waals surface area contributed by atoms with Gasteiger partial charge >= 0.3 is 0 Å². The van der Waals surface area contributed by atoms with Crippen LogP contribution in [0.5, 0.6) is 17.2 Å². The van der Waals surface area contributed by atoms with Gasteiger partial charge in [0.1, 0.15) is 17.2 Å². The topological polar surface area (TPSA) is 21.7 Å². The Hall–Kier alpha value is -2.44. The predicted octanol–water partition coefficient (Wildman–Crippen LogP) is 4.16. The van der Waals surface area contributed by atoms with E-state index in [9.17, 15) is 0 Å². The van der Waals surface area contributed by atoms with Crippen molar-refractivity contribution in [2.45, 2.75) is 19.6 Å². The molecule has 0 aromatic heterocycles. The average Bonchev–Trinajstić information content (AvgIpc) is 2.54. The highest BCUT2D eigenvalue weighted by Crippen LogP contribution is 2.26. The first-order valence-corrected chi connectivity index (χ1v) is 7.36. The molecule has 0 saturated heterocycles. The third-order valence-corrected chi connectivity index (χ3v) is 3.24. The Balaban J connectivity index is 2.06. The molecule has 0 heterocycles. The third-order valence-electron chi connectivity index (χ3n) is 3.24. The Morgan fingerprint density at radius 3 is 2.41 bits per heavy atom. The van der Waals surface area contributed by atoms with Crippen LogP contribution in [0.15, 0.2) is 54.6 Å². The van der Waals surface area contributed by atoms with Gasteiger partial charge in [-0.25, -0.2) is 0 Å². The number of hydrogen-bond acceptors (Lipinski definition) is 3. The molecule has 1 atom stereocenters. The molecule has 0 aliphatic heterocycles. The molecule has 1 unspecified atom stereocenters. The first kappa shape index (κ1) is 15.9. The molecule has 3 nitrogen and oxygen atoms in total. The SMILES string of the molecule is C#CCN(C)C(CC)Oc1cccc(Oc2ccccc2)c1. The second-order valence-electron chi connectivity index (χ2n) is 4.99. The standard InChI is InChI=1S/C19H21NO2/c1-4-14-20(3)19(5-2)22-18-13-9-12-17(15-18)21-16-10-7-6-8-11-16/h1,6-13,15,19H,5,14H2,2-3H3. The van der Waals surface area contributed by atoms with Crippen LogP contribution in [0.25, 0.3) is 0 Å². The summed E-state index contributed by atoms with van der Waals surface area (Å²) in [6.45, 7) is 2.63. The van der Waals surface area contributed by atoms with Crippen LogP contribution in [0, 0.1) is 12.3 Å². The Bertz CT molecular complexity index is 619. The number of para-hydroxylation sites is 1. The number of nitrogens with zero attached hydrogens (tertiary/aromatic N) is 1. The van der Waals surface area contributed by atoms with Gasteiger partial charge in [0, 0.05) is 6.07 Å². The molecule has 0 aliphatic rings. The lowest BCUT2D eigenvalue weighted by molar-refractivity contribution is 0.0517. The summed E-state index contributed by atoms with van der Waals surface area (Å²) in [5, 5.41) is 0. The summed E-state index contributed by atoms with van der Waals surface area (Å²) in [6, 6.07) is 17.3. The van der Waals surface area contributed by atoms with Crippen molar-refractivity contribution in [3.63, 3.8) is 0 Å². The highest BCUT2D eigenvalue weighted by molar-refractivity contribution is 5.36. The van der Waals surface area contributed by atoms with E-state index in [1.165, 1.54) is 0 Å². The van der Waals surface area contributed by atoms with Gasteiger partial charge in [-0.3, -0.25) is 4.90 Å². The van der Waals surface area contributed by atoms with Crippen LogP contribution < -0.4 is 9.47 Å². The van der Waals surface area contributed by atoms with Crippen molar-refractivity contribution in [3.05, 3.63) is 54.6 Å². The second-order valence-corrected chi connectivity index (χ2v) is 4.99. The number of terminal acetylenes is 1. The largest absolute Gasteiger partial charge is 0.475 e. The van der Waals surface area contributed by atoms with Crippen molar-refractivity contribution < 1.29 is 9.47 Å². The summed E-state index contributed by atoms with van der Waals surface area (Å²) < 4.78 is 11.8. The van der Waals surface area contributed by atoms with Gasteiger partial charge < -0.3 is 9.47 Å². The molecule has 0 amide bonds. The van der Waals surface area contributed by atoms with E-state index in [0.29, 0.717) is 6.54 Å². The lowest BCUT2D eigenvalue weighted by Crippen LogP contribution is -2.36. The molecular formula is C19H21NO2. The zero-order valence-corrected chi connectivity index (χ0v) is 13.0. The van der Waals surface area contributed by atoms with Gasteiger partial charge in [-0.15, -0.1) is 6.42 Å². The molecular weight excluding hydrogens is 274 g/mol. The van der Waals surface area contributed by atoms with Crippen molar-refractivity contribution in [1.29, 1.82) is 0 Å². The summed E-state index contributed by atoms with van der Waals surface area (Å²) >= 11 is 0. The molecule has 0 saturated carbocycles. The Labute approximate surface area is 132 Å². The Morgan fingerprint density at radius 2 is 1.73 bits per heavy atom. The summed E-state index contributed by atoms with van der Waals surface area (Å²) in [4.78, 5) is 2.00. The fourth-order valence-electron chi connectivity index (χ4n) is 2.12. The van der Waals surface area contributed by atoms with Crippen LogP contribution in [0.2, 0.25) is 0 Å². The molecule has 0 spiro atoms. The van der Waals surface area contributed by atoms with Gasteiger partial charge in [0.2, 0.25) is 0 Å². The zero-order chi connectivity index (χ0) is 15.8. The third kappa shape index (κ3) is 4.54. The Morgan fingerprint density at radius 1 is 1.05 bits per heavy atom. The van der Waals surface area contributed by atoms with Crippen molar-refractivity contribution in [1.82, 2.24) is 4.90 Å². The van der Waals surface area contributed by atoms with Crippen LogP contribution in [0.1, 0.15) is 13.3 Å². The maximum atomic E-state index is 6.01. The van der Waals surface area contributed by atoms with Gasteiger partial charge in [0.25, 0.3) is 0 Å². The van der Waals surface area contributed by atoms with E-state index in [-0.39, 0.29) is 6.23 Å². The minimum atomic E-state index is -0.0528. The number of hydrogen-bond donors (Lipinski definition) is 0.